The van der Waals surface area contributed by atoms with Crippen LogP contribution in [0.2, 0.25) is 0 Å². The number of hydrogen-bond donors (Lipinski definition) is 2. The minimum absolute atomic E-state index is 0.127. The number of nitrogens with one attached hydrogen (secondary N) is 2. The summed E-state index contributed by atoms with van der Waals surface area (Å²) in [7, 11) is 3.28. The van der Waals surface area contributed by atoms with Crippen molar-refractivity contribution in [2.45, 2.75) is 169 Å². The largest absolute Gasteiger partial charge is 0.469 e. The Morgan fingerprint density at radius 1 is 0.689 bits per heavy atom. The first-order chi connectivity index (χ1) is 22.0. The molecule has 0 aliphatic rings. The van der Waals surface area contributed by atoms with Gasteiger partial charge in [0.15, 0.2) is 0 Å². The predicted molar refractivity (Wildman–Crippen MR) is 190 cm³/mol. The Kier molecular flexibility index (Phi) is 57.3. The summed E-state index contributed by atoms with van der Waals surface area (Å²) in [6, 6.07) is 0. The number of ether oxygens (including phenoxy) is 1. The highest BCUT2D eigenvalue weighted by molar-refractivity contribution is 5.81. The lowest BCUT2D eigenvalue weighted by atomic mass is 10.0. The molecule has 0 aromatic rings. The summed E-state index contributed by atoms with van der Waals surface area (Å²) in [4.78, 5) is 41.6. The Morgan fingerprint density at radius 2 is 1.22 bits per heavy atom. The minimum atomic E-state index is -0.367. The van der Waals surface area contributed by atoms with E-state index >= 15 is 0 Å². The second-order valence-electron chi connectivity index (χ2n) is 10.6. The SMILES string of the molecule is CC.CC#CCCNC(=O)CCC(=O)OC.CCCCCCCCCCCCCCCC=O.CCCOOCCCCCNC. The quantitative estimate of drug-likeness (QED) is 0.0219. The molecule has 0 unspecified atom stereocenters. The maximum Gasteiger partial charge on any atom is 0.306 e. The van der Waals surface area contributed by atoms with Gasteiger partial charge in [-0.05, 0) is 52.6 Å². The minimum Gasteiger partial charge on any atom is -0.469 e. The number of rotatable bonds is 28. The van der Waals surface area contributed by atoms with Gasteiger partial charge < -0.3 is 20.2 Å². The first kappa shape index (κ1) is 49.9. The van der Waals surface area contributed by atoms with Gasteiger partial charge in [0.1, 0.15) is 6.29 Å². The van der Waals surface area contributed by atoms with Crippen molar-refractivity contribution in [1.82, 2.24) is 10.6 Å². The second-order valence-corrected chi connectivity index (χ2v) is 10.6. The molecule has 0 aromatic carbocycles. The number of esters is 1. The molecule has 8 heteroatoms. The van der Waals surface area contributed by atoms with Gasteiger partial charge in [0, 0.05) is 25.8 Å². The first-order valence-electron chi connectivity index (χ1n) is 18.1. The Morgan fingerprint density at radius 3 is 1.71 bits per heavy atom. The molecule has 45 heavy (non-hydrogen) atoms. The van der Waals surface area contributed by atoms with Crippen LogP contribution in [0.3, 0.4) is 0 Å². The predicted octanol–water partition coefficient (Wildman–Crippen LogP) is 8.90. The second kappa shape index (κ2) is 51.6. The van der Waals surface area contributed by atoms with E-state index in [1.165, 1.54) is 97.0 Å². The van der Waals surface area contributed by atoms with E-state index in [1.54, 1.807) is 6.92 Å². The lowest BCUT2D eigenvalue weighted by molar-refractivity contribution is -0.294. The molecular formula is C37H74N2O6. The molecule has 0 aromatic heterocycles. The average molecular weight is 643 g/mol. The van der Waals surface area contributed by atoms with E-state index < -0.39 is 0 Å². The fourth-order valence-corrected chi connectivity index (χ4v) is 3.88. The van der Waals surface area contributed by atoms with E-state index in [-0.39, 0.29) is 24.7 Å². The van der Waals surface area contributed by atoms with Crippen molar-refractivity contribution >= 4 is 18.2 Å². The van der Waals surface area contributed by atoms with Gasteiger partial charge in [0.05, 0.1) is 26.7 Å². The molecule has 0 bridgehead atoms. The fourth-order valence-electron chi connectivity index (χ4n) is 3.88. The zero-order chi connectivity index (χ0) is 34.5. The summed E-state index contributed by atoms with van der Waals surface area (Å²) in [6.07, 6.45) is 25.1. The van der Waals surface area contributed by atoms with Crippen molar-refractivity contribution in [3.63, 3.8) is 0 Å². The number of carbonyl (C=O) groups is 3. The van der Waals surface area contributed by atoms with Gasteiger partial charge in [-0.3, -0.25) is 9.59 Å². The van der Waals surface area contributed by atoms with E-state index in [1.807, 2.05) is 20.9 Å². The van der Waals surface area contributed by atoms with Gasteiger partial charge in [-0.2, -0.15) is 0 Å². The highest BCUT2D eigenvalue weighted by atomic mass is 17.2. The zero-order valence-electron chi connectivity index (χ0n) is 30.7. The van der Waals surface area contributed by atoms with Crippen LogP contribution in [0.1, 0.15) is 169 Å². The third-order valence-corrected chi connectivity index (χ3v) is 6.48. The van der Waals surface area contributed by atoms with Crippen LogP contribution in [0.15, 0.2) is 0 Å². The molecule has 268 valence electrons. The van der Waals surface area contributed by atoms with Crippen LogP contribution in [0.25, 0.3) is 0 Å². The number of methoxy groups -OCH3 is 1. The van der Waals surface area contributed by atoms with E-state index in [2.05, 4.69) is 41.1 Å². The van der Waals surface area contributed by atoms with Crippen LogP contribution in [0.5, 0.6) is 0 Å². The molecule has 0 fully saturated rings. The third-order valence-electron chi connectivity index (χ3n) is 6.48. The van der Waals surface area contributed by atoms with Gasteiger partial charge in [-0.15, -0.1) is 11.8 Å². The summed E-state index contributed by atoms with van der Waals surface area (Å²) >= 11 is 0. The maximum absolute atomic E-state index is 11.1. The topological polar surface area (TPSA) is 103 Å². The normalized spacial score (nSPS) is 9.58. The summed E-state index contributed by atoms with van der Waals surface area (Å²) < 4.78 is 4.40. The fraction of sp³-hybridized carbons (Fsp3) is 0.865. The summed E-state index contributed by atoms with van der Waals surface area (Å²) in [5.41, 5.74) is 0. The van der Waals surface area contributed by atoms with Gasteiger partial charge in [0.2, 0.25) is 5.91 Å². The summed E-state index contributed by atoms with van der Waals surface area (Å²) in [6.45, 7) is 13.1. The number of unbranched alkanes of at least 4 members (excludes halogenated alkanes) is 15. The third kappa shape index (κ3) is 58.2. The molecule has 0 atom stereocenters. The molecule has 0 rings (SSSR count). The molecule has 0 saturated heterocycles. The number of hydrogen-bond acceptors (Lipinski definition) is 7. The van der Waals surface area contributed by atoms with E-state index in [0.717, 1.165) is 45.1 Å². The van der Waals surface area contributed by atoms with Gasteiger partial charge in [-0.25, -0.2) is 9.78 Å². The van der Waals surface area contributed by atoms with Crippen molar-refractivity contribution in [3.05, 3.63) is 0 Å². The Labute approximate surface area is 279 Å². The van der Waals surface area contributed by atoms with Gasteiger partial charge >= 0.3 is 5.97 Å². The molecule has 0 aliphatic heterocycles. The van der Waals surface area contributed by atoms with Crippen molar-refractivity contribution < 1.29 is 28.9 Å². The van der Waals surface area contributed by atoms with Crippen LogP contribution < -0.4 is 10.6 Å². The Bertz CT molecular complexity index is 624. The number of carbonyl (C=O) groups excluding carboxylic acids is 3. The smallest absolute Gasteiger partial charge is 0.306 e. The van der Waals surface area contributed by atoms with Crippen molar-refractivity contribution in [3.8, 4) is 11.8 Å². The van der Waals surface area contributed by atoms with Crippen LogP contribution in [-0.4, -0.2) is 58.6 Å². The first-order valence-corrected chi connectivity index (χ1v) is 18.1. The maximum atomic E-state index is 11.1. The molecule has 0 saturated carbocycles. The van der Waals surface area contributed by atoms with Crippen LogP contribution >= 0.6 is 0 Å². The monoisotopic (exact) mass is 643 g/mol. The molecule has 0 spiro atoms. The molecule has 0 heterocycles. The Balaban J connectivity index is -0.000000276. The van der Waals surface area contributed by atoms with Crippen LogP contribution in [-0.2, 0) is 28.9 Å². The van der Waals surface area contributed by atoms with E-state index in [0.29, 0.717) is 19.6 Å². The highest BCUT2D eigenvalue weighted by Crippen LogP contribution is 2.12. The molecule has 2 N–H and O–H groups in total. The number of amides is 1. The standard InChI is InChI=1S/C16H32O.C10H15NO3.C9H21NO2.C2H6/c1-2-3-4-5-6-7-8-9-10-11-12-13-14-15-16-17;1-3-4-5-8-11-9(12)6-7-10(13)14-2;1-3-8-11-12-9-6-4-5-7-10-2;1-2/h16H,2-15H2,1H3;5-8H2,1-2H3,(H,11,12);10H,3-9H2,1-2H3;1-2H3. The van der Waals surface area contributed by atoms with E-state index in [4.69, 9.17) is 9.78 Å². The molecule has 0 aliphatic carbocycles. The average Bonchev–Trinajstić information content (AvgIpc) is 3.07. The van der Waals surface area contributed by atoms with Gasteiger partial charge in [-0.1, -0.05) is 105 Å². The molecular weight excluding hydrogens is 568 g/mol. The van der Waals surface area contributed by atoms with Gasteiger partial charge in [0.25, 0.3) is 0 Å². The Hall–Kier alpha value is -1.95. The van der Waals surface area contributed by atoms with Crippen LogP contribution in [0, 0.1) is 11.8 Å². The lowest BCUT2D eigenvalue weighted by Crippen LogP contribution is -2.24. The van der Waals surface area contributed by atoms with Crippen molar-refractivity contribution in [2.24, 2.45) is 0 Å². The highest BCUT2D eigenvalue weighted by Gasteiger charge is 2.05. The lowest BCUT2D eigenvalue weighted by Gasteiger charge is -2.02. The van der Waals surface area contributed by atoms with Crippen molar-refractivity contribution in [1.29, 1.82) is 0 Å². The molecule has 1 amide bonds. The number of aldehydes is 1. The molecule has 0 radical (unpaired) electrons. The summed E-state index contributed by atoms with van der Waals surface area (Å²) in [5, 5.41) is 5.75. The van der Waals surface area contributed by atoms with Crippen molar-refractivity contribution in [2.75, 3.05) is 40.5 Å². The summed E-state index contributed by atoms with van der Waals surface area (Å²) in [5.74, 6) is 5.04. The zero-order valence-corrected chi connectivity index (χ0v) is 30.7. The molecule has 8 nitrogen and oxygen atoms in total. The van der Waals surface area contributed by atoms with E-state index in [9.17, 15) is 14.4 Å². The van der Waals surface area contributed by atoms with Crippen LogP contribution in [0.4, 0.5) is 0 Å².